The zero-order valence-electron chi connectivity index (χ0n) is 12.3. The number of rotatable bonds is 7. The summed E-state index contributed by atoms with van der Waals surface area (Å²) in [5.74, 6) is 0.595. The SMILES string of the molecule is CC(C)CCNC(=O)C(C)Oc1ccc([N+](=O)[O-])c(Cl)c1. The van der Waals surface area contributed by atoms with Gasteiger partial charge in [0.1, 0.15) is 10.8 Å². The average molecular weight is 315 g/mol. The van der Waals surface area contributed by atoms with E-state index < -0.39 is 11.0 Å². The van der Waals surface area contributed by atoms with Crippen LogP contribution in [-0.4, -0.2) is 23.5 Å². The molecule has 1 rings (SSSR count). The van der Waals surface area contributed by atoms with Crippen molar-refractivity contribution in [3.8, 4) is 5.75 Å². The number of amides is 1. The molecule has 1 amide bonds. The van der Waals surface area contributed by atoms with Gasteiger partial charge in [-0.05, 0) is 25.3 Å². The first-order valence-corrected chi connectivity index (χ1v) is 7.07. The van der Waals surface area contributed by atoms with Crippen LogP contribution in [0, 0.1) is 16.0 Å². The van der Waals surface area contributed by atoms with Crippen molar-refractivity contribution < 1.29 is 14.5 Å². The van der Waals surface area contributed by atoms with Crippen LogP contribution in [0.4, 0.5) is 5.69 Å². The first-order chi connectivity index (χ1) is 9.81. The fourth-order valence-corrected chi connectivity index (χ4v) is 1.83. The average Bonchev–Trinajstić information content (AvgIpc) is 2.37. The molecule has 1 aromatic carbocycles. The molecule has 0 aliphatic carbocycles. The first-order valence-electron chi connectivity index (χ1n) is 6.69. The molecule has 0 aliphatic heterocycles. The van der Waals surface area contributed by atoms with E-state index in [-0.39, 0.29) is 16.6 Å². The van der Waals surface area contributed by atoms with Crippen LogP contribution in [0.25, 0.3) is 0 Å². The zero-order valence-corrected chi connectivity index (χ0v) is 13.0. The third-order valence-corrected chi connectivity index (χ3v) is 3.12. The van der Waals surface area contributed by atoms with E-state index in [1.807, 2.05) is 0 Å². The Morgan fingerprint density at radius 2 is 2.10 bits per heavy atom. The second kappa shape index (κ2) is 7.83. The van der Waals surface area contributed by atoms with Crippen molar-refractivity contribution in [1.82, 2.24) is 5.32 Å². The number of nitrogens with zero attached hydrogens (tertiary/aromatic N) is 1. The minimum atomic E-state index is -0.699. The Labute approximate surface area is 128 Å². The number of nitro groups is 1. The topological polar surface area (TPSA) is 81.5 Å². The molecule has 7 heteroatoms. The molecule has 0 aliphatic rings. The Balaban J connectivity index is 2.58. The van der Waals surface area contributed by atoms with Gasteiger partial charge < -0.3 is 10.1 Å². The second-order valence-corrected chi connectivity index (χ2v) is 5.51. The van der Waals surface area contributed by atoms with E-state index in [9.17, 15) is 14.9 Å². The van der Waals surface area contributed by atoms with Crippen molar-refractivity contribution in [2.45, 2.75) is 33.3 Å². The van der Waals surface area contributed by atoms with Gasteiger partial charge in [-0.2, -0.15) is 0 Å². The molecule has 1 atom stereocenters. The molecule has 0 heterocycles. The van der Waals surface area contributed by atoms with Crippen molar-refractivity contribution in [3.63, 3.8) is 0 Å². The summed E-state index contributed by atoms with van der Waals surface area (Å²) < 4.78 is 5.43. The van der Waals surface area contributed by atoms with E-state index >= 15 is 0 Å². The maximum absolute atomic E-state index is 11.8. The van der Waals surface area contributed by atoms with Crippen LogP contribution >= 0.6 is 11.6 Å². The Bertz CT molecular complexity index is 520. The molecule has 0 fully saturated rings. The quantitative estimate of drug-likeness (QED) is 0.619. The van der Waals surface area contributed by atoms with E-state index in [1.165, 1.54) is 18.2 Å². The molecule has 0 saturated carbocycles. The summed E-state index contributed by atoms with van der Waals surface area (Å²) in [6.45, 7) is 6.35. The van der Waals surface area contributed by atoms with Crippen LogP contribution in [0.3, 0.4) is 0 Å². The van der Waals surface area contributed by atoms with Gasteiger partial charge in [0.25, 0.3) is 11.6 Å². The van der Waals surface area contributed by atoms with E-state index in [0.29, 0.717) is 18.2 Å². The summed E-state index contributed by atoms with van der Waals surface area (Å²) in [5.41, 5.74) is -0.196. The highest BCUT2D eigenvalue weighted by atomic mass is 35.5. The van der Waals surface area contributed by atoms with Crippen LogP contribution in [0.1, 0.15) is 27.2 Å². The van der Waals surface area contributed by atoms with Crippen LogP contribution in [-0.2, 0) is 4.79 Å². The van der Waals surface area contributed by atoms with E-state index in [0.717, 1.165) is 6.42 Å². The highest BCUT2D eigenvalue weighted by Gasteiger charge is 2.17. The van der Waals surface area contributed by atoms with Gasteiger partial charge in [-0.15, -0.1) is 0 Å². The van der Waals surface area contributed by atoms with Gasteiger partial charge in [-0.1, -0.05) is 25.4 Å². The molecule has 0 bridgehead atoms. The Morgan fingerprint density at radius 3 is 2.62 bits per heavy atom. The molecule has 1 aromatic rings. The van der Waals surface area contributed by atoms with Crippen LogP contribution in [0.2, 0.25) is 5.02 Å². The van der Waals surface area contributed by atoms with Crippen LogP contribution in [0.15, 0.2) is 18.2 Å². The normalized spacial score (nSPS) is 12.0. The molecule has 0 aromatic heterocycles. The maximum Gasteiger partial charge on any atom is 0.288 e. The van der Waals surface area contributed by atoms with E-state index in [2.05, 4.69) is 19.2 Å². The van der Waals surface area contributed by atoms with Gasteiger partial charge in [0.15, 0.2) is 6.10 Å². The van der Waals surface area contributed by atoms with E-state index in [4.69, 9.17) is 16.3 Å². The number of nitro benzene ring substituents is 1. The summed E-state index contributed by atoms with van der Waals surface area (Å²) in [7, 11) is 0. The van der Waals surface area contributed by atoms with Crippen molar-refractivity contribution in [2.75, 3.05) is 6.54 Å². The lowest BCUT2D eigenvalue weighted by Gasteiger charge is -2.15. The summed E-state index contributed by atoms with van der Waals surface area (Å²) >= 11 is 5.78. The van der Waals surface area contributed by atoms with E-state index in [1.54, 1.807) is 6.92 Å². The highest BCUT2D eigenvalue weighted by molar-refractivity contribution is 6.32. The lowest BCUT2D eigenvalue weighted by molar-refractivity contribution is -0.384. The van der Waals surface area contributed by atoms with Crippen LogP contribution in [0.5, 0.6) is 5.75 Å². The van der Waals surface area contributed by atoms with Gasteiger partial charge in [-0.3, -0.25) is 14.9 Å². The Hall–Kier alpha value is -1.82. The van der Waals surface area contributed by atoms with Crippen molar-refractivity contribution in [3.05, 3.63) is 33.3 Å². The molecule has 0 spiro atoms. The number of ether oxygens (including phenoxy) is 1. The fourth-order valence-electron chi connectivity index (χ4n) is 1.59. The van der Waals surface area contributed by atoms with Crippen molar-refractivity contribution >= 4 is 23.2 Å². The fraction of sp³-hybridized carbons (Fsp3) is 0.500. The second-order valence-electron chi connectivity index (χ2n) is 5.10. The highest BCUT2D eigenvalue weighted by Crippen LogP contribution is 2.28. The van der Waals surface area contributed by atoms with Crippen molar-refractivity contribution in [1.29, 1.82) is 0 Å². The minimum absolute atomic E-state index is 0.0232. The standard InChI is InChI=1S/C14H19ClN2O4/c1-9(2)6-7-16-14(18)10(3)21-11-4-5-13(17(19)20)12(15)8-11/h4-5,8-10H,6-7H2,1-3H3,(H,16,18). The number of hydrogen-bond donors (Lipinski definition) is 1. The van der Waals surface area contributed by atoms with Gasteiger partial charge >= 0.3 is 0 Å². The third-order valence-electron chi connectivity index (χ3n) is 2.82. The summed E-state index contributed by atoms with van der Waals surface area (Å²) in [6.07, 6.45) is 0.191. The molecule has 21 heavy (non-hydrogen) atoms. The predicted molar refractivity (Wildman–Crippen MR) is 80.7 cm³/mol. The van der Waals surface area contributed by atoms with Crippen LogP contribution < -0.4 is 10.1 Å². The number of nitrogens with one attached hydrogen (secondary N) is 1. The zero-order chi connectivity index (χ0) is 16.0. The molecule has 0 radical (unpaired) electrons. The summed E-state index contributed by atoms with van der Waals surface area (Å²) in [5, 5.41) is 13.4. The molecule has 116 valence electrons. The van der Waals surface area contributed by atoms with Crippen molar-refractivity contribution in [2.24, 2.45) is 5.92 Å². The summed E-state index contributed by atoms with van der Waals surface area (Å²) in [4.78, 5) is 21.9. The lowest BCUT2D eigenvalue weighted by Crippen LogP contribution is -2.37. The van der Waals surface area contributed by atoms with Gasteiger partial charge in [0.05, 0.1) is 4.92 Å². The third kappa shape index (κ3) is 5.59. The largest absolute Gasteiger partial charge is 0.481 e. The number of carbonyl (C=O) groups is 1. The molecule has 1 unspecified atom stereocenters. The maximum atomic E-state index is 11.8. The van der Waals surface area contributed by atoms with Gasteiger partial charge in [0.2, 0.25) is 0 Å². The smallest absolute Gasteiger partial charge is 0.288 e. The Morgan fingerprint density at radius 1 is 1.43 bits per heavy atom. The molecule has 0 saturated heterocycles. The molecular weight excluding hydrogens is 296 g/mol. The first kappa shape index (κ1) is 17.2. The number of benzene rings is 1. The monoisotopic (exact) mass is 314 g/mol. The molecular formula is C14H19ClN2O4. The molecule has 6 nitrogen and oxygen atoms in total. The Kier molecular flexibility index (Phi) is 6.42. The number of hydrogen-bond acceptors (Lipinski definition) is 4. The van der Waals surface area contributed by atoms with Gasteiger partial charge in [0, 0.05) is 18.7 Å². The van der Waals surface area contributed by atoms with Gasteiger partial charge in [-0.25, -0.2) is 0 Å². The predicted octanol–water partition coefficient (Wildman–Crippen LogP) is 3.18. The molecule has 1 N–H and O–H groups in total. The number of halogens is 1. The lowest BCUT2D eigenvalue weighted by atomic mass is 10.1. The number of carbonyl (C=O) groups excluding carboxylic acids is 1. The minimum Gasteiger partial charge on any atom is -0.481 e. The summed E-state index contributed by atoms with van der Waals surface area (Å²) in [6, 6.07) is 4.00.